The van der Waals surface area contributed by atoms with Crippen molar-refractivity contribution in [2.75, 3.05) is 7.05 Å². The minimum atomic E-state index is 0.00493. The zero-order valence-corrected chi connectivity index (χ0v) is 15.4. The summed E-state index contributed by atoms with van der Waals surface area (Å²) in [6.07, 6.45) is 1.36. The maximum Gasteiger partial charge on any atom is 0.224 e. The zero-order chi connectivity index (χ0) is 16.8. The Balaban J connectivity index is 2.18. The van der Waals surface area contributed by atoms with Crippen molar-refractivity contribution in [1.29, 1.82) is 0 Å². The van der Waals surface area contributed by atoms with Gasteiger partial charge in [-0.2, -0.15) is 0 Å². The Labute approximate surface area is 146 Å². The predicted molar refractivity (Wildman–Crippen MR) is 96.8 cm³/mol. The lowest BCUT2D eigenvalue weighted by Crippen LogP contribution is -2.21. The first-order chi connectivity index (χ1) is 11.0. The topological polar surface area (TPSA) is 38.3 Å². The lowest BCUT2D eigenvalue weighted by atomic mass is 10.00. The fourth-order valence-corrected chi connectivity index (χ4v) is 2.97. The maximum absolute atomic E-state index is 11.7. The van der Waals surface area contributed by atoms with Crippen LogP contribution in [-0.4, -0.2) is 13.0 Å². The first-order valence-corrected chi connectivity index (χ1v) is 8.53. The Morgan fingerprint density at radius 1 is 1.26 bits per heavy atom. The Hall–Kier alpha value is -1.81. The second kappa shape index (κ2) is 8.16. The van der Waals surface area contributed by atoms with Gasteiger partial charge >= 0.3 is 0 Å². The van der Waals surface area contributed by atoms with E-state index in [2.05, 4.69) is 40.3 Å². The number of halogens is 1. The smallest absolute Gasteiger partial charge is 0.224 e. The van der Waals surface area contributed by atoms with Gasteiger partial charge in [0.05, 0.1) is 10.9 Å². The fourth-order valence-electron chi connectivity index (χ4n) is 2.43. The molecule has 4 heteroatoms. The van der Waals surface area contributed by atoms with Crippen LogP contribution in [0.3, 0.4) is 0 Å². The van der Waals surface area contributed by atoms with E-state index in [0.29, 0.717) is 13.0 Å². The molecule has 0 saturated carbocycles. The van der Waals surface area contributed by atoms with E-state index in [0.717, 1.165) is 33.3 Å². The average Bonchev–Trinajstić information content (AvgIpc) is 2.55. The highest BCUT2D eigenvalue weighted by molar-refractivity contribution is 9.10. The van der Waals surface area contributed by atoms with Gasteiger partial charge in [0.25, 0.3) is 0 Å². The van der Waals surface area contributed by atoms with Gasteiger partial charge in [-0.15, -0.1) is 0 Å². The number of likely N-dealkylation sites (N-methyl/N-ethyl adjacent to an activating group) is 1. The van der Waals surface area contributed by atoms with Gasteiger partial charge in [-0.1, -0.05) is 31.2 Å². The van der Waals surface area contributed by atoms with E-state index in [1.807, 2.05) is 31.2 Å². The van der Waals surface area contributed by atoms with E-state index < -0.39 is 0 Å². The molecule has 2 aromatic rings. The van der Waals surface area contributed by atoms with Crippen LogP contribution in [0, 0.1) is 6.92 Å². The van der Waals surface area contributed by atoms with Crippen LogP contribution in [0.5, 0.6) is 5.75 Å². The molecule has 0 radical (unpaired) electrons. The maximum atomic E-state index is 11.7. The summed E-state index contributed by atoms with van der Waals surface area (Å²) < 4.78 is 6.94. The summed E-state index contributed by atoms with van der Waals surface area (Å²) in [5, 5.41) is 2.67. The van der Waals surface area contributed by atoms with Crippen molar-refractivity contribution in [2.45, 2.75) is 33.3 Å². The lowest BCUT2D eigenvalue weighted by molar-refractivity contribution is -0.119. The third-order valence-corrected chi connectivity index (χ3v) is 4.53. The van der Waals surface area contributed by atoms with Gasteiger partial charge in [-0.25, -0.2) is 0 Å². The van der Waals surface area contributed by atoms with E-state index in [1.54, 1.807) is 7.05 Å². The van der Waals surface area contributed by atoms with Crippen LogP contribution >= 0.6 is 15.9 Å². The molecule has 2 aromatic carbocycles. The number of aryl methyl sites for hydroxylation is 2. The third kappa shape index (κ3) is 4.58. The molecule has 0 aliphatic carbocycles. The molecule has 1 N–H and O–H groups in total. The number of rotatable bonds is 6. The molecule has 23 heavy (non-hydrogen) atoms. The minimum absolute atomic E-state index is 0.00493. The highest BCUT2D eigenvalue weighted by atomic mass is 79.9. The quantitative estimate of drug-likeness (QED) is 0.821. The third-order valence-electron chi connectivity index (χ3n) is 3.91. The molecule has 0 fully saturated rings. The molecule has 3 nitrogen and oxygen atoms in total. The van der Waals surface area contributed by atoms with Crippen LogP contribution in [0.4, 0.5) is 0 Å². The SMILES string of the molecule is CCc1ccc(OCc2c(C)cccc2CC(=O)NC)c(Br)c1. The average molecular weight is 376 g/mol. The van der Waals surface area contributed by atoms with Crippen molar-refractivity contribution in [3.8, 4) is 5.75 Å². The van der Waals surface area contributed by atoms with Gasteiger partial charge in [0, 0.05) is 7.05 Å². The molecule has 122 valence electrons. The second-order valence-corrected chi connectivity index (χ2v) is 6.32. The van der Waals surface area contributed by atoms with Crippen molar-refractivity contribution >= 4 is 21.8 Å². The van der Waals surface area contributed by atoms with Crippen LogP contribution in [0.1, 0.15) is 29.2 Å². The van der Waals surface area contributed by atoms with Gasteiger partial charge in [-0.3, -0.25) is 4.79 Å². The van der Waals surface area contributed by atoms with Gasteiger partial charge in [0.1, 0.15) is 12.4 Å². The molecule has 0 saturated heterocycles. The van der Waals surface area contributed by atoms with E-state index in [4.69, 9.17) is 4.74 Å². The van der Waals surface area contributed by atoms with Crippen molar-refractivity contribution in [3.63, 3.8) is 0 Å². The normalized spacial score (nSPS) is 10.4. The Morgan fingerprint density at radius 2 is 2.04 bits per heavy atom. The van der Waals surface area contributed by atoms with Crippen LogP contribution < -0.4 is 10.1 Å². The van der Waals surface area contributed by atoms with Crippen molar-refractivity contribution in [2.24, 2.45) is 0 Å². The first kappa shape index (κ1) is 17.5. The molecule has 0 aromatic heterocycles. The molecule has 0 spiro atoms. The highest BCUT2D eigenvalue weighted by Gasteiger charge is 2.11. The second-order valence-electron chi connectivity index (χ2n) is 5.47. The molecule has 0 bridgehead atoms. The molecule has 1 amide bonds. The van der Waals surface area contributed by atoms with Crippen molar-refractivity contribution in [1.82, 2.24) is 5.32 Å². The number of amides is 1. The predicted octanol–water partition coefficient (Wildman–Crippen LogP) is 4.19. The van der Waals surface area contributed by atoms with Gasteiger partial charge < -0.3 is 10.1 Å². The molecule has 0 heterocycles. The van der Waals surface area contributed by atoms with Crippen molar-refractivity contribution in [3.05, 3.63) is 63.1 Å². The summed E-state index contributed by atoms with van der Waals surface area (Å²) in [7, 11) is 1.65. The number of benzene rings is 2. The van der Waals surface area contributed by atoms with Crippen LogP contribution in [0.2, 0.25) is 0 Å². The summed E-state index contributed by atoms with van der Waals surface area (Å²) in [6.45, 7) is 4.62. The van der Waals surface area contributed by atoms with Gasteiger partial charge in [0.15, 0.2) is 0 Å². The standard InChI is InChI=1S/C19H22BrNO2/c1-4-14-8-9-18(17(20)10-14)23-12-16-13(2)6-5-7-15(16)11-19(22)21-3/h5-10H,4,11-12H2,1-3H3,(H,21,22). The molecule has 0 atom stereocenters. The number of carbonyl (C=O) groups is 1. The van der Waals surface area contributed by atoms with E-state index in [9.17, 15) is 4.79 Å². The molecular weight excluding hydrogens is 354 g/mol. The Bertz CT molecular complexity index is 698. The number of nitrogens with one attached hydrogen (secondary N) is 1. The monoisotopic (exact) mass is 375 g/mol. The highest BCUT2D eigenvalue weighted by Crippen LogP contribution is 2.28. The molecular formula is C19H22BrNO2. The van der Waals surface area contributed by atoms with E-state index in [1.165, 1.54) is 5.56 Å². The fraction of sp³-hybridized carbons (Fsp3) is 0.316. The molecule has 2 rings (SSSR count). The number of hydrogen-bond donors (Lipinski definition) is 1. The lowest BCUT2D eigenvalue weighted by Gasteiger charge is -2.15. The molecule has 0 aliphatic rings. The van der Waals surface area contributed by atoms with Crippen molar-refractivity contribution < 1.29 is 9.53 Å². The summed E-state index contributed by atoms with van der Waals surface area (Å²) in [6, 6.07) is 12.1. The van der Waals surface area contributed by atoms with Crippen LogP contribution in [0.25, 0.3) is 0 Å². The minimum Gasteiger partial charge on any atom is -0.488 e. The van der Waals surface area contributed by atoms with Gasteiger partial charge in [0.2, 0.25) is 5.91 Å². The summed E-state index contributed by atoms with van der Waals surface area (Å²) >= 11 is 3.56. The number of hydrogen-bond acceptors (Lipinski definition) is 2. The number of carbonyl (C=O) groups excluding carboxylic acids is 1. The molecule has 0 unspecified atom stereocenters. The van der Waals surface area contributed by atoms with Crippen LogP contribution in [-0.2, 0) is 24.2 Å². The summed E-state index contributed by atoms with van der Waals surface area (Å²) in [5.74, 6) is 0.821. The Morgan fingerprint density at radius 3 is 2.70 bits per heavy atom. The van der Waals surface area contributed by atoms with Crippen LogP contribution in [0.15, 0.2) is 40.9 Å². The summed E-state index contributed by atoms with van der Waals surface area (Å²) in [5.41, 5.74) is 4.47. The zero-order valence-electron chi connectivity index (χ0n) is 13.8. The molecule has 0 aliphatic heterocycles. The Kier molecular flexibility index (Phi) is 6.22. The van der Waals surface area contributed by atoms with E-state index >= 15 is 0 Å². The largest absolute Gasteiger partial charge is 0.488 e. The number of ether oxygens (including phenoxy) is 1. The first-order valence-electron chi connectivity index (χ1n) is 7.74. The van der Waals surface area contributed by atoms with E-state index in [-0.39, 0.29) is 5.91 Å². The summed E-state index contributed by atoms with van der Waals surface area (Å²) in [4.78, 5) is 11.7. The van der Waals surface area contributed by atoms with Gasteiger partial charge in [-0.05, 0) is 63.7 Å².